The van der Waals surface area contributed by atoms with E-state index in [1.54, 1.807) is 6.07 Å². The van der Waals surface area contributed by atoms with E-state index in [1.807, 2.05) is 0 Å². The van der Waals surface area contributed by atoms with Crippen LogP contribution in [0.2, 0.25) is 0 Å². The molecule has 2 aliphatic heterocycles. The number of fused-ring (bicyclic) bond motifs is 1. The number of carbonyl (C=O) groups is 1. The number of carbonyl (C=O) groups excluding carboxylic acids is 1. The van der Waals surface area contributed by atoms with Crippen LogP contribution in [0.1, 0.15) is 29.0 Å². The van der Waals surface area contributed by atoms with Crippen molar-refractivity contribution in [1.82, 2.24) is 0 Å². The smallest absolute Gasteiger partial charge is 0.416 e. The molecule has 0 N–H and O–H groups in total. The molecule has 0 aromatic heterocycles. The maximum atomic E-state index is 13.9. The zero-order valence-electron chi connectivity index (χ0n) is 20.1. The number of benzene rings is 3. The Morgan fingerprint density at radius 3 is 2.23 bits per heavy atom. The van der Waals surface area contributed by atoms with Crippen LogP contribution in [-0.4, -0.2) is 32.3 Å². The molecule has 5 rings (SSSR count). The van der Waals surface area contributed by atoms with Gasteiger partial charge in [-0.3, -0.25) is 4.79 Å². The minimum atomic E-state index is -4.64. The minimum absolute atomic E-state index is 0.0633. The molecular weight excluding hydrogens is 574 g/mol. The molecule has 1 fully saturated rings. The number of alkyl halides is 3. The minimum Gasteiger partial charge on any atom is -0.493 e. The standard InChI is InChI=1S/C26H17F8NO4S/c27-20-21(28)23(30)25(24(31)22(20)29)39-40-13-2-4-16-14(5-7-38-18(16)10-13)15-3-1-12(26(32,33)34)9-17(15)35-6-8-37-11-19(35)36/h1-4,9-10,14H,5-8,11H2. The van der Waals surface area contributed by atoms with E-state index < -0.39 is 58.4 Å². The summed E-state index contributed by atoms with van der Waals surface area (Å²) in [5, 5.41) is 0. The normalized spacial score (nSPS) is 17.4. The molecule has 3 aromatic carbocycles. The SMILES string of the molecule is O=C1COCCN1c1cc(C(F)(F)F)ccc1C1CCOc2cc(SOc3c(F)c(F)c(F)c(F)c3F)ccc21. The molecule has 40 heavy (non-hydrogen) atoms. The molecule has 0 bridgehead atoms. The predicted molar refractivity (Wildman–Crippen MR) is 126 cm³/mol. The van der Waals surface area contributed by atoms with Crippen LogP contribution in [0, 0.1) is 29.1 Å². The van der Waals surface area contributed by atoms with Gasteiger partial charge in [-0.15, -0.1) is 0 Å². The second kappa shape index (κ2) is 10.8. The highest BCUT2D eigenvalue weighted by molar-refractivity contribution is 7.95. The molecular formula is C26H17F8NO4S. The van der Waals surface area contributed by atoms with E-state index >= 15 is 0 Å². The number of morpholine rings is 1. The summed E-state index contributed by atoms with van der Waals surface area (Å²) >= 11 is 0.318. The molecule has 3 aromatic rings. The maximum absolute atomic E-state index is 13.9. The summed E-state index contributed by atoms with van der Waals surface area (Å²) in [7, 11) is 0. The summed E-state index contributed by atoms with van der Waals surface area (Å²) in [6, 6.07) is 7.56. The molecule has 1 unspecified atom stereocenters. The predicted octanol–water partition coefficient (Wildman–Crippen LogP) is 6.76. The average molecular weight is 591 g/mol. The lowest BCUT2D eigenvalue weighted by Crippen LogP contribution is -2.42. The first-order valence-corrected chi connectivity index (χ1v) is 12.4. The van der Waals surface area contributed by atoms with Gasteiger partial charge in [0.05, 0.1) is 35.7 Å². The highest BCUT2D eigenvalue weighted by atomic mass is 32.2. The number of ether oxygens (including phenoxy) is 2. The fourth-order valence-electron chi connectivity index (χ4n) is 4.51. The molecule has 1 saturated heterocycles. The Bertz CT molecular complexity index is 1450. The molecule has 0 aliphatic carbocycles. The Morgan fingerprint density at radius 2 is 1.55 bits per heavy atom. The Hall–Kier alpha value is -3.52. The third-order valence-corrected chi connectivity index (χ3v) is 7.12. The van der Waals surface area contributed by atoms with Gasteiger partial charge >= 0.3 is 6.18 Å². The Balaban J connectivity index is 1.47. The summed E-state index contributed by atoms with van der Waals surface area (Å²) in [6.45, 7) is 0.0781. The third-order valence-electron chi connectivity index (χ3n) is 6.43. The molecule has 14 heteroatoms. The summed E-state index contributed by atoms with van der Waals surface area (Å²) in [5.74, 6) is -13.1. The van der Waals surface area contributed by atoms with Crippen molar-refractivity contribution in [3.05, 3.63) is 82.2 Å². The van der Waals surface area contributed by atoms with Crippen molar-refractivity contribution in [3.8, 4) is 11.5 Å². The molecule has 0 radical (unpaired) electrons. The largest absolute Gasteiger partial charge is 0.493 e. The van der Waals surface area contributed by atoms with E-state index in [4.69, 9.17) is 13.7 Å². The number of hydrogen-bond donors (Lipinski definition) is 0. The van der Waals surface area contributed by atoms with Crippen molar-refractivity contribution in [3.63, 3.8) is 0 Å². The molecule has 212 valence electrons. The van der Waals surface area contributed by atoms with Crippen molar-refractivity contribution in [2.24, 2.45) is 0 Å². The zero-order chi connectivity index (χ0) is 28.8. The monoisotopic (exact) mass is 591 g/mol. The first-order valence-electron chi connectivity index (χ1n) is 11.7. The second-order valence-electron chi connectivity index (χ2n) is 8.82. The van der Waals surface area contributed by atoms with Gasteiger partial charge in [0.2, 0.25) is 34.8 Å². The molecule has 1 atom stereocenters. The van der Waals surface area contributed by atoms with Crippen molar-refractivity contribution >= 4 is 23.6 Å². The molecule has 2 aliphatic rings. The number of hydrogen-bond acceptors (Lipinski definition) is 5. The van der Waals surface area contributed by atoms with Crippen molar-refractivity contribution < 1.29 is 53.6 Å². The van der Waals surface area contributed by atoms with Gasteiger partial charge in [-0.05, 0) is 36.2 Å². The van der Waals surface area contributed by atoms with Gasteiger partial charge in [0, 0.05) is 23.7 Å². The lowest BCUT2D eigenvalue weighted by molar-refractivity contribution is -0.137. The lowest BCUT2D eigenvalue weighted by atomic mass is 9.85. The van der Waals surface area contributed by atoms with E-state index in [0.29, 0.717) is 29.6 Å². The van der Waals surface area contributed by atoms with Gasteiger partial charge in [-0.2, -0.15) is 22.0 Å². The topological polar surface area (TPSA) is 48.0 Å². The summed E-state index contributed by atoms with van der Waals surface area (Å²) < 4.78 is 124. The summed E-state index contributed by atoms with van der Waals surface area (Å²) in [4.78, 5) is 14.0. The van der Waals surface area contributed by atoms with Crippen LogP contribution in [0.3, 0.4) is 0 Å². The van der Waals surface area contributed by atoms with Crippen molar-refractivity contribution in [2.75, 3.05) is 31.3 Å². The van der Waals surface area contributed by atoms with Gasteiger partial charge in [0.25, 0.3) is 5.91 Å². The van der Waals surface area contributed by atoms with Gasteiger partial charge in [0.15, 0.2) is 0 Å². The number of halogens is 8. The van der Waals surface area contributed by atoms with Crippen LogP contribution in [0.15, 0.2) is 41.3 Å². The summed E-state index contributed by atoms with van der Waals surface area (Å²) in [5.41, 5.74) is 0.170. The van der Waals surface area contributed by atoms with Gasteiger partial charge in [0.1, 0.15) is 12.4 Å². The van der Waals surface area contributed by atoms with E-state index in [2.05, 4.69) is 0 Å². The van der Waals surface area contributed by atoms with Crippen LogP contribution in [-0.2, 0) is 15.7 Å². The van der Waals surface area contributed by atoms with Crippen LogP contribution < -0.4 is 13.8 Å². The Labute approximate surface area is 225 Å². The fourth-order valence-corrected chi connectivity index (χ4v) is 5.12. The Morgan fingerprint density at radius 1 is 0.875 bits per heavy atom. The second-order valence-corrected chi connectivity index (χ2v) is 9.63. The average Bonchev–Trinajstić information content (AvgIpc) is 2.94. The van der Waals surface area contributed by atoms with Gasteiger partial charge in [-0.25, -0.2) is 13.2 Å². The van der Waals surface area contributed by atoms with Crippen LogP contribution in [0.5, 0.6) is 11.5 Å². The fraction of sp³-hybridized carbons (Fsp3) is 0.269. The van der Waals surface area contributed by atoms with Crippen LogP contribution >= 0.6 is 12.0 Å². The molecule has 5 nitrogen and oxygen atoms in total. The molecule has 2 heterocycles. The van der Waals surface area contributed by atoms with Crippen LogP contribution in [0.4, 0.5) is 40.8 Å². The highest BCUT2D eigenvalue weighted by Crippen LogP contribution is 2.45. The zero-order valence-corrected chi connectivity index (χ0v) is 20.9. The highest BCUT2D eigenvalue weighted by Gasteiger charge is 2.35. The number of rotatable bonds is 5. The summed E-state index contributed by atoms with van der Waals surface area (Å²) in [6.07, 6.45) is -4.28. The van der Waals surface area contributed by atoms with E-state index in [0.717, 1.165) is 12.1 Å². The van der Waals surface area contributed by atoms with Gasteiger partial charge in [-0.1, -0.05) is 12.1 Å². The number of amides is 1. The van der Waals surface area contributed by atoms with E-state index in [1.165, 1.54) is 23.1 Å². The first kappa shape index (κ1) is 28.0. The lowest BCUT2D eigenvalue weighted by Gasteiger charge is -2.33. The number of nitrogens with zero attached hydrogens (tertiary/aromatic N) is 1. The van der Waals surface area contributed by atoms with Crippen LogP contribution in [0.25, 0.3) is 0 Å². The third kappa shape index (κ3) is 5.17. The maximum Gasteiger partial charge on any atom is 0.416 e. The quantitative estimate of drug-likeness (QED) is 0.142. The van der Waals surface area contributed by atoms with Crippen molar-refractivity contribution in [1.29, 1.82) is 0 Å². The number of anilines is 1. The first-order chi connectivity index (χ1) is 19.0. The van der Waals surface area contributed by atoms with Crippen molar-refractivity contribution in [2.45, 2.75) is 23.4 Å². The molecule has 1 amide bonds. The van der Waals surface area contributed by atoms with E-state index in [-0.39, 0.29) is 42.7 Å². The molecule has 0 saturated carbocycles. The Kier molecular flexibility index (Phi) is 7.57. The van der Waals surface area contributed by atoms with Gasteiger partial charge < -0.3 is 18.6 Å². The molecule has 0 spiro atoms. The van der Waals surface area contributed by atoms with E-state index in [9.17, 15) is 39.9 Å².